The Labute approximate surface area is 412 Å². The molecular formula is C68H41NO2. The van der Waals surface area contributed by atoms with Gasteiger partial charge in [0.15, 0.2) is 23.0 Å². The highest BCUT2D eigenvalue weighted by Gasteiger charge is 2.53. The molecule has 1 aliphatic heterocycles. The number of nitrogens with zero attached hydrogens (tertiary/aromatic N) is 1. The van der Waals surface area contributed by atoms with Crippen LogP contribution in [-0.2, 0) is 10.8 Å². The summed E-state index contributed by atoms with van der Waals surface area (Å²) < 4.78 is 14.5. The van der Waals surface area contributed by atoms with Crippen LogP contribution >= 0.6 is 0 Å². The molecule has 330 valence electrons. The number of fused-ring (bicyclic) bond motifs is 22. The second-order valence-electron chi connectivity index (χ2n) is 19.4. The molecule has 0 unspecified atom stereocenters. The van der Waals surface area contributed by atoms with Crippen molar-refractivity contribution < 1.29 is 9.47 Å². The van der Waals surface area contributed by atoms with Crippen LogP contribution in [0.2, 0.25) is 0 Å². The van der Waals surface area contributed by atoms with Gasteiger partial charge in [0.25, 0.3) is 0 Å². The molecule has 3 nitrogen and oxygen atoms in total. The van der Waals surface area contributed by atoms with E-state index < -0.39 is 10.8 Å². The largest absolute Gasteiger partial charge is 0.449 e. The van der Waals surface area contributed by atoms with Crippen LogP contribution in [0.25, 0.3) is 55.6 Å². The second kappa shape index (κ2) is 14.2. The molecule has 0 saturated heterocycles. The summed E-state index contributed by atoms with van der Waals surface area (Å²) in [7, 11) is 0. The highest BCUT2D eigenvalue weighted by molar-refractivity contribution is 5.98. The lowest BCUT2D eigenvalue weighted by atomic mass is 9.70. The van der Waals surface area contributed by atoms with Crippen LogP contribution in [0.3, 0.4) is 0 Å². The SMILES string of the molecule is c1ccc(-c2ccc(N(c3ccc4c(c3)C3(c5ccccc5-c5ccccc53)c3ccccc3-4)c3cccc4c3Oc3cc5c(cc3O4)C3(c4ccccc4-c4ccccc43)c3ccccc3-5)cc2)cc1. The Morgan fingerprint density at radius 2 is 0.662 bits per heavy atom. The van der Waals surface area contributed by atoms with E-state index in [-0.39, 0.29) is 0 Å². The van der Waals surface area contributed by atoms with Gasteiger partial charge in [0.05, 0.1) is 16.5 Å². The molecule has 3 heteroatoms. The molecule has 71 heavy (non-hydrogen) atoms. The van der Waals surface area contributed by atoms with E-state index in [2.05, 4.69) is 248 Å². The summed E-state index contributed by atoms with van der Waals surface area (Å²) in [6.45, 7) is 0. The Morgan fingerprint density at radius 3 is 1.18 bits per heavy atom. The lowest BCUT2D eigenvalue weighted by Gasteiger charge is -2.33. The van der Waals surface area contributed by atoms with Gasteiger partial charge in [-0.1, -0.05) is 200 Å². The molecule has 11 aromatic carbocycles. The third-order valence-electron chi connectivity index (χ3n) is 16.2. The van der Waals surface area contributed by atoms with Gasteiger partial charge in [-0.2, -0.15) is 0 Å². The van der Waals surface area contributed by atoms with Gasteiger partial charge in [0, 0.05) is 11.4 Å². The fraction of sp³-hybridized carbons (Fsp3) is 0.0294. The monoisotopic (exact) mass is 903 g/mol. The zero-order valence-corrected chi connectivity index (χ0v) is 38.4. The zero-order chi connectivity index (χ0) is 46.4. The molecular weight excluding hydrogens is 863 g/mol. The van der Waals surface area contributed by atoms with E-state index in [0.29, 0.717) is 23.0 Å². The van der Waals surface area contributed by atoms with E-state index in [0.717, 1.165) is 28.2 Å². The Bertz CT molecular complexity index is 3960. The minimum Gasteiger partial charge on any atom is -0.449 e. The third kappa shape index (κ3) is 4.97. The fourth-order valence-electron chi connectivity index (χ4n) is 13.4. The summed E-state index contributed by atoms with van der Waals surface area (Å²) >= 11 is 0. The average Bonchev–Trinajstić information content (AvgIpc) is 4.12. The van der Waals surface area contributed by atoms with E-state index >= 15 is 0 Å². The van der Waals surface area contributed by atoms with Gasteiger partial charge in [0.2, 0.25) is 0 Å². The summed E-state index contributed by atoms with van der Waals surface area (Å²) in [5.41, 5.74) is 24.5. The maximum Gasteiger partial charge on any atom is 0.194 e. The van der Waals surface area contributed by atoms with Crippen molar-refractivity contribution in [2.45, 2.75) is 10.8 Å². The summed E-state index contributed by atoms with van der Waals surface area (Å²) in [6.07, 6.45) is 0. The van der Waals surface area contributed by atoms with Gasteiger partial charge in [-0.15, -0.1) is 0 Å². The predicted octanol–water partition coefficient (Wildman–Crippen LogP) is 17.4. The van der Waals surface area contributed by atoms with Crippen molar-refractivity contribution >= 4 is 17.1 Å². The van der Waals surface area contributed by atoms with Crippen molar-refractivity contribution in [1.29, 1.82) is 0 Å². The molecule has 0 aromatic heterocycles. The maximum absolute atomic E-state index is 7.32. The minimum atomic E-state index is -0.499. The summed E-state index contributed by atoms with van der Waals surface area (Å²) in [4.78, 5) is 2.36. The first-order chi connectivity index (χ1) is 35.2. The number of para-hydroxylation sites is 1. The van der Waals surface area contributed by atoms with Crippen LogP contribution in [0.15, 0.2) is 249 Å². The van der Waals surface area contributed by atoms with Crippen LogP contribution in [0.4, 0.5) is 17.1 Å². The van der Waals surface area contributed by atoms with Gasteiger partial charge in [-0.05, 0) is 149 Å². The Kier molecular flexibility index (Phi) is 7.75. The molecule has 0 atom stereocenters. The molecule has 0 N–H and O–H groups in total. The van der Waals surface area contributed by atoms with Crippen molar-refractivity contribution in [2.75, 3.05) is 4.90 Å². The van der Waals surface area contributed by atoms with E-state index in [4.69, 9.17) is 9.47 Å². The first-order valence-electron chi connectivity index (χ1n) is 24.6. The molecule has 0 fully saturated rings. The van der Waals surface area contributed by atoms with E-state index in [1.807, 2.05) is 6.07 Å². The Morgan fingerprint density at radius 1 is 0.254 bits per heavy atom. The number of ether oxygens (including phenoxy) is 2. The van der Waals surface area contributed by atoms with Crippen molar-refractivity contribution in [2.24, 2.45) is 0 Å². The molecule has 1 heterocycles. The van der Waals surface area contributed by atoms with Crippen LogP contribution in [0.5, 0.6) is 23.0 Å². The van der Waals surface area contributed by atoms with Gasteiger partial charge >= 0.3 is 0 Å². The van der Waals surface area contributed by atoms with Gasteiger partial charge in [0.1, 0.15) is 0 Å². The molecule has 16 rings (SSSR count). The van der Waals surface area contributed by atoms with E-state index in [9.17, 15) is 0 Å². The normalized spacial score (nSPS) is 14.4. The third-order valence-corrected chi connectivity index (χ3v) is 16.2. The molecule has 2 spiro atoms. The first kappa shape index (κ1) is 38.8. The smallest absolute Gasteiger partial charge is 0.194 e. The van der Waals surface area contributed by atoms with Gasteiger partial charge < -0.3 is 14.4 Å². The van der Waals surface area contributed by atoms with E-state index in [1.165, 1.54) is 89.0 Å². The van der Waals surface area contributed by atoms with Crippen molar-refractivity contribution in [3.05, 3.63) is 293 Å². The topological polar surface area (TPSA) is 21.7 Å². The number of hydrogen-bond donors (Lipinski definition) is 0. The lowest BCUT2D eigenvalue weighted by molar-refractivity contribution is 0.360. The number of anilines is 3. The number of hydrogen-bond acceptors (Lipinski definition) is 3. The summed E-state index contributed by atoms with van der Waals surface area (Å²) in [5, 5.41) is 0. The fourth-order valence-corrected chi connectivity index (χ4v) is 13.4. The predicted molar refractivity (Wildman–Crippen MR) is 286 cm³/mol. The molecule has 11 aromatic rings. The highest BCUT2D eigenvalue weighted by atomic mass is 16.6. The quantitative estimate of drug-likeness (QED) is 0.176. The van der Waals surface area contributed by atoms with Crippen molar-refractivity contribution in [3.8, 4) is 78.6 Å². The zero-order valence-electron chi connectivity index (χ0n) is 38.4. The van der Waals surface area contributed by atoms with E-state index in [1.54, 1.807) is 0 Å². The first-order valence-corrected chi connectivity index (χ1v) is 24.6. The second-order valence-corrected chi connectivity index (χ2v) is 19.4. The lowest BCUT2D eigenvalue weighted by Crippen LogP contribution is -2.26. The molecule has 0 bridgehead atoms. The van der Waals surface area contributed by atoms with Crippen LogP contribution in [0.1, 0.15) is 44.5 Å². The molecule has 0 amide bonds. The molecule has 0 radical (unpaired) electrons. The Balaban J connectivity index is 0.892. The number of rotatable bonds is 4. The summed E-state index contributed by atoms with van der Waals surface area (Å²) in [5.74, 6) is 2.73. The number of benzene rings is 11. The van der Waals surface area contributed by atoms with Gasteiger partial charge in [-0.25, -0.2) is 0 Å². The van der Waals surface area contributed by atoms with Crippen LogP contribution in [-0.4, -0.2) is 0 Å². The van der Waals surface area contributed by atoms with Crippen LogP contribution < -0.4 is 14.4 Å². The Hall–Kier alpha value is -9.18. The molecule has 4 aliphatic carbocycles. The minimum absolute atomic E-state index is 0.493. The molecule has 5 aliphatic rings. The van der Waals surface area contributed by atoms with Crippen LogP contribution in [0, 0.1) is 0 Å². The maximum atomic E-state index is 7.32. The molecule has 0 saturated carbocycles. The average molecular weight is 904 g/mol. The standard InChI is InChI=1S/C68H41NO2/c1-2-17-42(18-3-1)43-33-35-44(36-34-43)69(45-37-38-52-50-23-8-14-29-58(50)67(60(52)39-45)54-25-10-4-19-46(54)47-20-5-11-26-55(47)67)62-31-16-32-63-66(62)71-64-40-53-51-24-9-15-30-59(51)68(61(53)41-65(64)70-63)56-27-12-6-21-48(56)49-22-7-13-28-57(49)68/h1-41H. The van der Waals surface area contributed by atoms with Crippen molar-refractivity contribution in [1.82, 2.24) is 0 Å². The highest BCUT2D eigenvalue weighted by Crippen LogP contribution is 2.66. The van der Waals surface area contributed by atoms with Gasteiger partial charge in [-0.3, -0.25) is 0 Å². The van der Waals surface area contributed by atoms with Crippen molar-refractivity contribution in [3.63, 3.8) is 0 Å². The summed E-state index contributed by atoms with van der Waals surface area (Å²) in [6, 6.07) is 91.1.